The number of carbonyl (C=O) groups is 1. The Morgan fingerprint density at radius 2 is 2.00 bits per heavy atom. The second-order valence-electron chi connectivity index (χ2n) is 6.96. The summed E-state index contributed by atoms with van der Waals surface area (Å²) in [5.41, 5.74) is 3.00. The molecule has 1 aliphatic heterocycles. The predicted octanol–water partition coefficient (Wildman–Crippen LogP) is 3.37. The highest BCUT2D eigenvalue weighted by atomic mass is 16.5. The smallest absolute Gasteiger partial charge is 0.179 e. The molecular weight excluding hydrogens is 262 g/mol. The molecule has 0 radical (unpaired) electrons. The molecule has 116 valence electrons. The molecule has 1 aromatic carbocycles. The molecule has 2 unspecified atom stereocenters. The Hall–Kier alpha value is -1.19. The summed E-state index contributed by atoms with van der Waals surface area (Å²) in [5, 5.41) is 0. The average molecular weight is 289 g/mol. The lowest BCUT2D eigenvalue weighted by Gasteiger charge is -2.43. The molecule has 3 heteroatoms. The monoisotopic (exact) mass is 289 g/mol. The van der Waals surface area contributed by atoms with Crippen LogP contribution in [0.3, 0.4) is 0 Å². The number of aryl methyl sites for hydroxylation is 2. The first-order valence-corrected chi connectivity index (χ1v) is 7.73. The standard InChI is InChI=1S/C18H27NO2/c1-12-7-8-16(9-13(12)2)17(20)15(4)19-10-14(3)21-18(5,6)11-19/h7-9,14-15H,10-11H2,1-6H3. The van der Waals surface area contributed by atoms with E-state index in [1.165, 1.54) is 11.1 Å². The maximum atomic E-state index is 12.7. The molecule has 0 N–H and O–H groups in total. The van der Waals surface area contributed by atoms with Gasteiger partial charge in [-0.3, -0.25) is 9.69 Å². The summed E-state index contributed by atoms with van der Waals surface area (Å²) in [7, 11) is 0. The van der Waals surface area contributed by atoms with E-state index >= 15 is 0 Å². The maximum absolute atomic E-state index is 12.7. The fourth-order valence-corrected chi connectivity index (χ4v) is 3.10. The minimum absolute atomic E-state index is 0.113. The van der Waals surface area contributed by atoms with Crippen LogP contribution in [0.1, 0.15) is 49.2 Å². The molecule has 1 heterocycles. The van der Waals surface area contributed by atoms with Crippen molar-refractivity contribution in [3.63, 3.8) is 0 Å². The molecule has 1 saturated heterocycles. The first-order valence-electron chi connectivity index (χ1n) is 7.73. The van der Waals surface area contributed by atoms with Gasteiger partial charge in [0.05, 0.1) is 17.7 Å². The van der Waals surface area contributed by atoms with E-state index in [2.05, 4.69) is 39.5 Å². The predicted molar refractivity (Wildman–Crippen MR) is 85.9 cm³/mol. The first-order chi connectivity index (χ1) is 9.69. The number of carbonyl (C=O) groups excluding carboxylic acids is 1. The number of rotatable bonds is 3. The van der Waals surface area contributed by atoms with Gasteiger partial charge in [0.25, 0.3) is 0 Å². The second kappa shape index (κ2) is 5.90. The van der Waals surface area contributed by atoms with Crippen molar-refractivity contribution in [3.8, 4) is 0 Å². The van der Waals surface area contributed by atoms with Gasteiger partial charge in [-0.2, -0.15) is 0 Å². The number of morpholine rings is 1. The van der Waals surface area contributed by atoms with Crippen LogP contribution < -0.4 is 0 Å². The van der Waals surface area contributed by atoms with Gasteiger partial charge in [-0.15, -0.1) is 0 Å². The quantitative estimate of drug-likeness (QED) is 0.799. The van der Waals surface area contributed by atoms with Crippen LogP contribution in [-0.4, -0.2) is 41.5 Å². The third-order valence-electron chi connectivity index (χ3n) is 4.31. The van der Waals surface area contributed by atoms with Gasteiger partial charge in [0.15, 0.2) is 5.78 Å². The van der Waals surface area contributed by atoms with Gasteiger partial charge in [0.2, 0.25) is 0 Å². The molecule has 0 bridgehead atoms. The molecule has 0 aromatic heterocycles. The Bertz CT molecular complexity index is 536. The molecule has 0 spiro atoms. The van der Waals surface area contributed by atoms with Gasteiger partial charge < -0.3 is 4.74 Å². The maximum Gasteiger partial charge on any atom is 0.179 e. The van der Waals surface area contributed by atoms with E-state index in [0.717, 1.165) is 18.7 Å². The summed E-state index contributed by atoms with van der Waals surface area (Å²) in [6.45, 7) is 14.0. The van der Waals surface area contributed by atoms with Gasteiger partial charge >= 0.3 is 0 Å². The van der Waals surface area contributed by atoms with Crippen LogP contribution in [0.2, 0.25) is 0 Å². The fourth-order valence-electron chi connectivity index (χ4n) is 3.10. The summed E-state index contributed by atoms with van der Waals surface area (Å²) in [4.78, 5) is 15.0. The van der Waals surface area contributed by atoms with Crippen LogP contribution in [0.15, 0.2) is 18.2 Å². The third kappa shape index (κ3) is 3.72. The number of ether oxygens (including phenoxy) is 1. The molecule has 1 aliphatic rings. The van der Waals surface area contributed by atoms with Crippen molar-refractivity contribution in [1.82, 2.24) is 4.90 Å². The van der Waals surface area contributed by atoms with E-state index in [1.54, 1.807) is 0 Å². The van der Waals surface area contributed by atoms with Crippen molar-refractivity contribution < 1.29 is 9.53 Å². The largest absolute Gasteiger partial charge is 0.370 e. The number of Topliss-reactive ketones (excluding diaryl/α,β-unsaturated/α-hetero) is 1. The van der Waals surface area contributed by atoms with Crippen molar-refractivity contribution >= 4 is 5.78 Å². The topological polar surface area (TPSA) is 29.5 Å². The van der Waals surface area contributed by atoms with Gasteiger partial charge in [0.1, 0.15) is 0 Å². The zero-order valence-electron chi connectivity index (χ0n) is 14.1. The highest BCUT2D eigenvalue weighted by Gasteiger charge is 2.35. The summed E-state index contributed by atoms with van der Waals surface area (Å²) < 4.78 is 5.92. The first kappa shape index (κ1) is 16.2. The number of hydrogen-bond donors (Lipinski definition) is 0. The number of benzene rings is 1. The third-order valence-corrected chi connectivity index (χ3v) is 4.31. The van der Waals surface area contributed by atoms with E-state index in [1.807, 2.05) is 25.1 Å². The Kier molecular flexibility index (Phi) is 4.54. The summed E-state index contributed by atoms with van der Waals surface area (Å²) in [6, 6.07) is 5.86. The Balaban J connectivity index is 2.16. The molecule has 2 atom stereocenters. The van der Waals surface area contributed by atoms with Crippen LogP contribution in [0.5, 0.6) is 0 Å². The van der Waals surface area contributed by atoms with Crippen LogP contribution in [0.4, 0.5) is 0 Å². The molecule has 2 rings (SSSR count). The van der Waals surface area contributed by atoms with E-state index in [9.17, 15) is 4.79 Å². The van der Waals surface area contributed by atoms with Gasteiger partial charge in [-0.25, -0.2) is 0 Å². The molecule has 21 heavy (non-hydrogen) atoms. The van der Waals surface area contributed by atoms with Crippen LogP contribution in [0, 0.1) is 13.8 Å². The molecule has 0 aliphatic carbocycles. The highest BCUT2D eigenvalue weighted by Crippen LogP contribution is 2.24. The second-order valence-corrected chi connectivity index (χ2v) is 6.96. The van der Waals surface area contributed by atoms with Gasteiger partial charge in [0, 0.05) is 18.7 Å². The molecular formula is C18H27NO2. The molecule has 1 fully saturated rings. The van der Waals surface area contributed by atoms with E-state index in [-0.39, 0.29) is 23.5 Å². The lowest BCUT2D eigenvalue weighted by molar-refractivity contribution is -0.133. The van der Waals surface area contributed by atoms with Crippen molar-refractivity contribution in [2.75, 3.05) is 13.1 Å². The lowest BCUT2D eigenvalue weighted by Crippen LogP contribution is -2.56. The highest BCUT2D eigenvalue weighted by molar-refractivity contribution is 6.00. The molecule has 1 aromatic rings. The number of nitrogens with zero attached hydrogens (tertiary/aromatic N) is 1. The number of hydrogen-bond acceptors (Lipinski definition) is 3. The Morgan fingerprint density at radius 1 is 1.33 bits per heavy atom. The van der Waals surface area contributed by atoms with Crippen LogP contribution in [-0.2, 0) is 4.74 Å². The lowest BCUT2D eigenvalue weighted by atomic mass is 9.97. The van der Waals surface area contributed by atoms with Crippen LogP contribution >= 0.6 is 0 Å². The van der Waals surface area contributed by atoms with Crippen molar-refractivity contribution in [1.29, 1.82) is 0 Å². The van der Waals surface area contributed by atoms with E-state index in [4.69, 9.17) is 4.74 Å². The zero-order valence-corrected chi connectivity index (χ0v) is 14.1. The molecule has 0 amide bonds. The normalized spacial score (nSPS) is 23.8. The zero-order chi connectivity index (χ0) is 15.8. The average Bonchev–Trinajstić information content (AvgIpc) is 2.38. The van der Waals surface area contributed by atoms with E-state index < -0.39 is 0 Å². The van der Waals surface area contributed by atoms with Gasteiger partial charge in [-0.05, 0) is 58.7 Å². The van der Waals surface area contributed by atoms with Crippen molar-refractivity contribution in [2.24, 2.45) is 0 Å². The SMILES string of the molecule is Cc1ccc(C(=O)C(C)N2CC(C)OC(C)(C)C2)cc1C. The molecule has 3 nitrogen and oxygen atoms in total. The summed E-state index contributed by atoms with van der Waals surface area (Å²) in [6.07, 6.45) is 0.156. The van der Waals surface area contributed by atoms with Crippen molar-refractivity contribution in [2.45, 2.75) is 59.3 Å². The summed E-state index contributed by atoms with van der Waals surface area (Å²) in [5.74, 6) is 0.197. The van der Waals surface area contributed by atoms with Crippen LogP contribution in [0.25, 0.3) is 0 Å². The van der Waals surface area contributed by atoms with Crippen molar-refractivity contribution in [3.05, 3.63) is 34.9 Å². The number of ketones is 1. The summed E-state index contributed by atoms with van der Waals surface area (Å²) >= 11 is 0. The minimum atomic E-state index is -0.199. The minimum Gasteiger partial charge on any atom is -0.370 e. The Morgan fingerprint density at radius 3 is 2.57 bits per heavy atom. The molecule has 0 saturated carbocycles. The fraction of sp³-hybridized carbons (Fsp3) is 0.611. The van der Waals surface area contributed by atoms with Gasteiger partial charge in [-0.1, -0.05) is 12.1 Å². The van der Waals surface area contributed by atoms with E-state index in [0.29, 0.717) is 0 Å². The Labute approximate surface area is 128 Å².